The molecule has 27 heavy (non-hydrogen) atoms. The number of nitrogens with one attached hydrogen (secondary N) is 1. The lowest BCUT2D eigenvalue weighted by Crippen LogP contribution is -2.28. The molecule has 0 spiro atoms. The minimum atomic E-state index is -3.63. The van der Waals surface area contributed by atoms with E-state index in [2.05, 4.69) is 4.72 Å². The van der Waals surface area contributed by atoms with E-state index >= 15 is 0 Å². The number of hydrogen-bond donors (Lipinski definition) is 1. The van der Waals surface area contributed by atoms with Crippen LogP contribution >= 0.6 is 22.7 Å². The van der Waals surface area contributed by atoms with Crippen molar-refractivity contribution in [3.05, 3.63) is 63.2 Å². The topological polar surface area (TPSA) is 66.5 Å². The van der Waals surface area contributed by atoms with Gasteiger partial charge in [0.2, 0.25) is 0 Å². The first-order valence-corrected chi connectivity index (χ1v) is 11.8. The van der Waals surface area contributed by atoms with Crippen LogP contribution in [0.5, 0.6) is 0 Å². The highest BCUT2D eigenvalue weighted by molar-refractivity contribution is 7.94. The van der Waals surface area contributed by atoms with E-state index in [1.165, 1.54) is 22.7 Å². The van der Waals surface area contributed by atoms with Crippen LogP contribution in [0, 0.1) is 0 Å². The van der Waals surface area contributed by atoms with E-state index in [1.807, 2.05) is 30.5 Å². The van der Waals surface area contributed by atoms with Gasteiger partial charge >= 0.3 is 0 Å². The first-order chi connectivity index (χ1) is 13.0. The van der Waals surface area contributed by atoms with Gasteiger partial charge in [-0.1, -0.05) is 19.1 Å². The number of nitrogens with zero attached hydrogens (tertiary/aromatic N) is 1. The molecule has 1 aliphatic heterocycles. The largest absolute Gasteiger partial charge is 0.307 e. The molecule has 140 valence electrons. The predicted molar refractivity (Wildman–Crippen MR) is 111 cm³/mol. The van der Waals surface area contributed by atoms with E-state index in [1.54, 1.807) is 29.2 Å². The second kappa shape index (κ2) is 7.10. The van der Waals surface area contributed by atoms with E-state index in [0.717, 1.165) is 29.0 Å². The number of aryl methyl sites for hydroxylation is 1. The molecule has 0 radical (unpaired) electrons. The molecule has 1 amide bonds. The second-order valence-corrected chi connectivity index (χ2v) is 10.2. The Morgan fingerprint density at radius 3 is 2.78 bits per heavy atom. The number of amides is 1. The molecule has 3 heterocycles. The van der Waals surface area contributed by atoms with Gasteiger partial charge in [0.05, 0.1) is 10.6 Å². The molecule has 0 atom stereocenters. The summed E-state index contributed by atoms with van der Waals surface area (Å²) in [5.74, 6) is -0.0467. The molecule has 0 saturated heterocycles. The van der Waals surface area contributed by atoms with E-state index in [9.17, 15) is 13.2 Å². The van der Waals surface area contributed by atoms with Gasteiger partial charge in [-0.3, -0.25) is 9.52 Å². The van der Waals surface area contributed by atoms with Crippen molar-refractivity contribution in [3.63, 3.8) is 0 Å². The minimum Gasteiger partial charge on any atom is -0.307 e. The maximum Gasteiger partial charge on any atom is 0.271 e. The van der Waals surface area contributed by atoms with E-state index in [4.69, 9.17) is 0 Å². The fourth-order valence-electron chi connectivity index (χ4n) is 3.09. The molecule has 4 rings (SSSR count). The first-order valence-electron chi connectivity index (χ1n) is 8.58. The Morgan fingerprint density at radius 2 is 2.07 bits per heavy atom. The van der Waals surface area contributed by atoms with Crippen LogP contribution in [0.15, 0.2) is 52.1 Å². The van der Waals surface area contributed by atoms with Crippen molar-refractivity contribution in [2.24, 2.45) is 0 Å². The minimum absolute atomic E-state index is 0.0467. The highest BCUT2D eigenvalue weighted by atomic mass is 32.2. The number of carbonyl (C=O) groups is 1. The van der Waals surface area contributed by atoms with Gasteiger partial charge in [-0.05, 0) is 54.1 Å². The SMILES string of the molecule is CCc1ccc(S(=O)(=O)Nc2ccc3c(c2)N(C(=O)c2cccs2)CC3)s1. The molecule has 5 nitrogen and oxygen atoms in total. The Bertz CT molecular complexity index is 1090. The average molecular weight is 419 g/mol. The quantitative estimate of drug-likeness (QED) is 0.669. The monoisotopic (exact) mass is 418 g/mol. The molecule has 8 heteroatoms. The van der Waals surface area contributed by atoms with Gasteiger partial charge in [-0.25, -0.2) is 8.42 Å². The number of hydrogen-bond acceptors (Lipinski definition) is 5. The molecule has 1 aliphatic rings. The lowest BCUT2D eigenvalue weighted by Gasteiger charge is -2.17. The van der Waals surface area contributed by atoms with Crippen molar-refractivity contribution >= 4 is 50.0 Å². The van der Waals surface area contributed by atoms with Gasteiger partial charge in [0.15, 0.2) is 0 Å². The number of fused-ring (bicyclic) bond motifs is 1. The summed E-state index contributed by atoms with van der Waals surface area (Å²) in [6.45, 7) is 2.60. The van der Waals surface area contributed by atoms with Gasteiger partial charge in [0.1, 0.15) is 4.21 Å². The molecule has 1 aromatic carbocycles. The summed E-state index contributed by atoms with van der Waals surface area (Å²) in [6.07, 6.45) is 1.57. The first kappa shape index (κ1) is 18.2. The molecule has 0 fully saturated rings. The fraction of sp³-hybridized carbons (Fsp3) is 0.211. The average Bonchev–Trinajstić information content (AvgIpc) is 3.39. The van der Waals surface area contributed by atoms with Crippen molar-refractivity contribution in [1.82, 2.24) is 0 Å². The molecular weight excluding hydrogens is 400 g/mol. The summed E-state index contributed by atoms with van der Waals surface area (Å²) in [7, 11) is -3.63. The molecule has 0 bridgehead atoms. The summed E-state index contributed by atoms with van der Waals surface area (Å²) < 4.78 is 28.2. The third-order valence-corrected chi connectivity index (χ3v) is 8.42. The van der Waals surface area contributed by atoms with Gasteiger partial charge < -0.3 is 4.90 Å². The Morgan fingerprint density at radius 1 is 1.22 bits per heavy atom. The summed E-state index contributed by atoms with van der Waals surface area (Å²) >= 11 is 2.68. The molecular formula is C19H18N2O3S3. The molecule has 2 aromatic heterocycles. The van der Waals surface area contributed by atoms with Crippen LogP contribution in [0.2, 0.25) is 0 Å². The van der Waals surface area contributed by atoms with Crippen LogP contribution < -0.4 is 9.62 Å². The third-order valence-electron chi connectivity index (χ3n) is 4.46. The maximum absolute atomic E-state index is 12.7. The highest BCUT2D eigenvalue weighted by Crippen LogP contribution is 2.33. The number of sulfonamides is 1. The van der Waals surface area contributed by atoms with Gasteiger partial charge in [-0.2, -0.15) is 0 Å². The summed E-state index contributed by atoms with van der Waals surface area (Å²) in [6, 6.07) is 12.5. The smallest absolute Gasteiger partial charge is 0.271 e. The third kappa shape index (κ3) is 3.52. The number of thiophene rings is 2. The second-order valence-electron chi connectivity index (χ2n) is 6.21. The van der Waals surface area contributed by atoms with Crippen molar-refractivity contribution in [2.45, 2.75) is 24.0 Å². The lowest BCUT2D eigenvalue weighted by atomic mass is 10.1. The predicted octanol–water partition coefficient (Wildman–Crippen LogP) is 4.38. The Hall–Kier alpha value is -2.16. The summed E-state index contributed by atoms with van der Waals surface area (Å²) in [5, 5.41) is 1.88. The molecule has 0 unspecified atom stereocenters. The normalized spacial score (nSPS) is 13.6. The molecule has 0 saturated carbocycles. The summed E-state index contributed by atoms with van der Waals surface area (Å²) in [4.78, 5) is 16.2. The van der Waals surface area contributed by atoms with Gasteiger partial charge in [0.25, 0.3) is 15.9 Å². The summed E-state index contributed by atoms with van der Waals surface area (Å²) in [5.41, 5.74) is 2.28. The van der Waals surface area contributed by atoms with Crippen molar-refractivity contribution in [2.75, 3.05) is 16.2 Å². The van der Waals surface area contributed by atoms with Crippen LogP contribution in [-0.2, 0) is 22.9 Å². The van der Waals surface area contributed by atoms with Gasteiger partial charge in [-0.15, -0.1) is 22.7 Å². The molecule has 1 N–H and O–H groups in total. The van der Waals surface area contributed by atoms with E-state index in [-0.39, 0.29) is 5.91 Å². The zero-order valence-electron chi connectivity index (χ0n) is 14.6. The van der Waals surface area contributed by atoms with Crippen LogP contribution in [0.3, 0.4) is 0 Å². The van der Waals surface area contributed by atoms with Crippen LogP contribution in [-0.4, -0.2) is 20.9 Å². The van der Waals surface area contributed by atoms with Crippen LogP contribution in [0.1, 0.15) is 27.0 Å². The zero-order chi connectivity index (χ0) is 19.0. The highest BCUT2D eigenvalue weighted by Gasteiger charge is 2.27. The Kier molecular flexibility index (Phi) is 4.79. The van der Waals surface area contributed by atoms with E-state index in [0.29, 0.717) is 21.3 Å². The Labute approximate surface area is 166 Å². The number of anilines is 2. The number of carbonyl (C=O) groups excluding carboxylic acids is 1. The standard InChI is InChI=1S/C19H18N2O3S3/c1-2-15-7-8-18(26-15)27(23,24)20-14-6-5-13-9-10-21(16(13)12-14)19(22)17-4-3-11-25-17/h3-8,11-12,20H,2,9-10H2,1H3. The van der Waals surface area contributed by atoms with Crippen molar-refractivity contribution in [3.8, 4) is 0 Å². The van der Waals surface area contributed by atoms with E-state index < -0.39 is 10.0 Å². The lowest BCUT2D eigenvalue weighted by molar-refractivity contribution is 0.0993. The fourth-order valence-corrected chi connectivity index (χ4v) is 6.10. The Balaban J connectivity index is 1.61. The maximum atomic E-state index is 12.7. The van der Waals surface area contributed by atoms with Crippen molar-refractivity contribution in [1.29, 1.82) is 0 Å². The molecule has 0 aliphatic carbocycles. The number of benzene rings is 1. The molecule has 3 aromatic rings. The van der Waals surface area contributed by atoms with Crippen LogP contribution in [0.25, 0.3) is 0 Å². The van der Waals surface area contributed by atoms with Crippen molar-refractivity contribution < 1.29 is 13.2 Å². The van der Waals surface area contributed by atoms with Crippen LogP contribution in [0.4, 0.5) is 11.4 Å². The number of rotatable bonds is 5. The van der Waals surface area contributed by atoms with Gasteiger partial charge in [0, 0.05) is 17.1 Å². The zero-order valence-corrected chi connectivity index (χ0v) is 17.1.